The van der Waals surface area contributed by atoms with E-state index in [1.54, 1.807) is 6.07 Å². The molecule has 15 heavy (non-hydrogen) atoms. The Hall–Kier alpha value is -1.42. The predicted molar refractivity (Wildman–Crippen MR) is 53.5 cm³/mol. The van der Waals surface area contributed by atoms with Crippen molar-refractivity contribution in [3.63, 3.8) is 0 Å². The van der Waals surface area contributed by atoms with Gasteiger partial charge in [0.2, 0.25) is 0 Å². The summed E-state index contributed by atoms with van der Waals surface area (Å²) in [5.74, 6) is -0.576. The van der Waals surface area contributed by atoms with Gasteiger partial charge in [0.25, 0.3) is 0 Å². The zero-order chi connectivity index (χ0) is 10.8. The van der Waals surface area contributed by atoms with Gasteiger partial charge in [0.1, 0.15) is 23.0 Å². The summed E-state index contributed by atoms with van der Waals surface area (Å²) in [6.07, 6.45) is 1.41. The average Bonchev–Trinajstić information content (AvgIpc) is 2.57. The first-order valence-electron chi connectivity index (χ1n) is 4.78. The normalized spacial score (nSPS) is 11.1. The van der Waals surface area contributed by atoms with Gasteiger partial charge in [-0.3, -0.25) is 0 Å². The highest BCUT2D eigenvalue weighted by molar-refractivity contribution is 5.78. The van der Waals surface area contributed by atoms with Crippen LogP contribution in [0.15, 0.2) is 22.6 Å². The van der Waals surface area contributed by atoms with Crippen LogP contribution in [0.2, 0.25) is 0 Å². The lowest BCUT2D eigenvalue weighted by Gasteiger charge is -1.91. The number of nitrogens with two attached hydrogens (primary N) is 1. The van der Waals surface area contributed by atoms with Crippen LogP contribution in [0.3, 0.4) is 0 Å². The van der Waals surface area contributed by atoms with Crippen molar-refractivity contribution in [3.8, 4) is 0 Å². The summed E-state index contributed by atoms with van der Waals surface area (Å²) in [6, 6.07) is 3.63. The van der Waals surface area contributed by atoms with E-state index in [1.807, 2.05) is 0 Å². The molecule has 0 atom stereocenters. The molecule has 0 unspecified atom stereocenters. The molecule has 1 aromatic carbocycles. The summed E-state index contributed by atoms with van der Waals surface area (Å²) in [4.78, 5) is 0. The zero-order valence-electron chi connectivity index (χ0n) is 8.09. The van der Waals surface area contributed by atoms with E-state index in [0.29, 0.717) is 24.1 Å². The lowest BCUT2D eigenvalue weighted by molar-refractivity contribution is 0.534. The molecule has 2 aromatic rings. The highest BCUT2D eigenvalue weighted by Gasteiger charge is 2.09. The van der Waals surface area contributed by atoms with Gasteiger partial charge in [-0.25, -0.2) is 8.78 Å². The van der Waals surface area contributed by atoms with Crippen LogP contribution in [0.4, 0.5) is 8.78 Å². The molecule has 0 saturated heterocycles. The molecule has 0 aliphatic rings. The van der Waals surface area contributed by atoms with Crippen molar-refractivity contribution in [1.29, 1.82) is 0 Å². The second-order valence-corrected chi connectivity index (χ2v) is 3.40. The molecule has 1 aromatic heterocycles. The van der Waals surface area contributed by atoms with E-state index in [1.165, 1.54) is 6.07 Å². The van der Waals surface area contributed by atoms with Gasteiger partial charge in [0.05, 0.1) is 5.39 Å². The maximum Gasteiger partial charge on any atom is 0.140 e. The third-order valence-electron chi connectivity index (χ3n) is 2.23. The Morgan fingerprint density at radius 1 is 1.20 bits per heavy atom. The number of hydrogen-bond donors (Lipinski definition) is 1. The van der Waals surface area contributed by atoms with Crippen LogP contribution in [0.1, 0.15) is 12.2 Å². The number of fused-ring (bicyclic) bond motifs is 1. The molecule has 0 spiro atoms. The summed E-state index contributed by atoms with van der Waals surface area (Å²) < 4.78 is 31.4. The molecule has 0 fully saturated rings. The Bertz CT molecular complexity index is 479. The second kappa shape index (κ2) is 3.98. The van der Waals surface area contributed by atoms with Crippen molar-refractivity contribution in [2.24, 2.45) is 5.73 Å². The standard InChI is InChI=1S/C11H11F2NO/c12-7-4-10(13)9-6-8(2-1-3-14)15-11(9)5-7/h4-6H,1-3,14H2. The van der Waals surface area contributed by atoms with Crippen LogP contribution in [0.5, 0.6) is 0 Å². The van der Waals surface area contributed by atoms with E-state index in [-0.39, 0.29) is 5.58 Å². The van der Waals surface area contributed by atoms with Crippen LogP contribution in [-0.2, 0) is 6.42 Å². The number of rotatable bonds is 3. The largest absolute Gasteiger partial charge is 0.461 e. The molecule has 80 valence electrons. The van der Waals surface area contributed by atoms with Gasteiger partial charge in [-0.05, 0) is 19.0 Å². The minimum absolute atomic E-state index is 0.250. The number of furan rings is 1. The minimum Gasteiger partial charge on any atom is -0.461 e. The quantitative estimate of drug-likeness (QED) is 0.847. The van der Waals surface area contributed by atoms with E-state index in [0.717, 1.165) is 12.5 Å². The van der Waals surface area contributed by atoms with Gasteiger partial charge < -0.3 is 10.2 Å². The molecule has 4 heteroatoms. The van der Waals surface area contributed by atoms with E-state index < -0.39 is 11.6 Å². The Morgan fingerprint density at radius 3 is 2.73 bits per heavy atom. The lowest BCUT2D eigenvalue weighted by atomic mass is 10.2. The molecular weight excluding hydrogens is 200 g/mol. The third-order valence-corrected chi connectivity index (χ3v) is 2.23. The highest BCUT2D eigenvalue weighted by atomic mass is 19.1. The van der Waals surface area contributed by atoms with Gasteiger partial charge in [-0.2, -0.15) is 0 Å². The third kappa shape index (κ3) is 1.99. The van der Waals surface area contributed by atoms with E-state index in [2.05, 4.69) is 0 Å². The minimum atomic E-state index is -0.625. The van der Waals surface area contributed by atoms with Gasteiger partial charge in [-0.15, -0.1) is 0 Å². The van der Waals surface area contributed by atoms with Gasteiger partial charge in [-0.1, -0.05) is 0 Å². The molecule has 0 radical (unpaired) electrons. The monoisotopic (exact) mass is 211 g/mol. The van der Waals surface area contributed by atoms with E-state index in [9.17, 15) is 8.78 Å². The SMILES string of the molecule is NCCCc1cc2c(F)cc(F)cc2o1. The molecule has 0 amide bonds. The number of hydrogen-bond acceptors (Lipinski definition) is 2. The number of benzene rings is 1. The molecule has 0 bridgehead atoms. The number of halogens is 2. The van der Waals surface area contributed by atoms with Crippen LogP contribution < -0.4 is 5.73 Å². The zero-order valence-corrected chi connectivity index (χ0v) is 8.09. The summed E-state index contributed by atoms with van der Waals surface area (Å²) in [5.41, 5.74) is 5.60. The van der Waals surface area contributed by atoms with Crippen molar-refractivity contribution in [3.05, 3.63) is 35.6 Å². The smallest absolute Gasteiger partial charge is 0.140 e. The maximum atomic E-state index is 13.3. The highest BCUT2D eigenvalue weighted by Crippen LogP contribution is 2.24. The first kappa shape index (κ1) is 10.1. The Morgan fingerprint density at radius 2 is 2.00 bits per heavy atom. The van der Waals surface area contributed by atoms with Gasteiger partial charge in [0, 0.05) is 18.6 Å². The second-order valence-electron chi connectivity index (χ2n) is 3.40. The molecule has 2 nitrogen and oxygen atoms in total. The molecule has 0 aliphatic carbocycles. The molecular formula is C11H11F2NO. The molecule has 1 heterocycles. The summed E-state index contributed by atoms with van der Waals surface area (Å²) in [5, 5.41) is 0.323. The van der Waals surface area contributed by atoms with Crippen LogP contribution in [-0.4, -0.2) is 6.54 Å². The van der Waals surface area contributed by atoms with Gasteiger partial charge in [0.15, 0.2) is 0 Å². The first-order valence-corrected chi connectivity index (χ1v) is 4.78. The lowest BCUT2D eigenvalue weighted by Crippen LogP contribution is -1.99. The van der Waals surface area contributed by atoms with Crippen molar-refractivity contribution < 1.29 is 13.2 Å². The van der Waals surface area contributed by atoms with Crippen molar-refractivity contribution in [2.75, 3.05) is 6.54 Å². The van der Waals surface area contributed by atoms with Gasteiger partial charge >= 0.3 is 0 Å². The maximum absolute atomic E-state index is 13.3. The number of aryl methyl sites for hydroxylation is 1. The van der Waals surface area contributed by atoms with E-state index in [4.69, 9.17) is 10.2 Å². The van der Waals surface area contributed by atoms with Crippen molar-refractivity contribution >= 4 is 11.0 Å². The first-order chi connectivity index (χ1) is 7.20. The Balaban J connectivity index is 2.41. The Kier molecular flexibility index (Phi) is 2.68. The van der Waals surface area contributed by atoms with Crippen LogP contribution >= 0.6 is 0 Å². The molecule has 0 aliphatic heterocycles. The summed E-state index contributed by atoms with van der Waals surface area (Å²) in [6.45, 7) is 0.549. The summed E-state index contributed by atoms with van der Waals surface area (Å²) in [7, 11) is 0. The predicted octanol–water partition coefficient (Wildman–Crippen LogP) is 2.60. The van der Waals surface area contributed by atoms with E-state index >= 15 is 0 Å². The molecule has 0 saturated carbocycles. The molecule has 2 rings (SSSR count). The van der Waals surface area contributed by atoms with Crippen molar-refractivity contribution in [1.82, 2.24) is 0 Å². The topological polar surface area (TPSA) is 39.2 Å². The molecule has 2 N–H and O–H groups in total. The van der Waals surface area contributed by atoms with Crippen LogP contribution in [0.25, 0.3) is 11.0 Å². The summed E-state index contributed by atoms with van der Waals surface area (Å²) >= 11 is 0. The van der Waals surface area contributed by atoms with Crippen LogP contribution in [0, 0.1) is 11.6 Å². The van der Waals surface area contributed by atoms with Crippen molar-refractivity contribution in [2.45, 2.75) is 12.8 Å². The fourth-order valence-electron chi connectivity index (χ4n) is 1.52. The fourth-order valence-corrected chi connectivity index (χ4v) is 1.52. The Labute approximate surface area is 85.7 Å². The fraction of sp³-hybridized carbons (Fsp3) is 0.273. The average molecular weight is 211 g/mol.